The number of aryl methyl sites for hydroxylation is 1. The molecule has 7 aliphatic carbocycles. The molecular weight excluding hydrogens is 791 g/mol. The number of benzene rings is 1. The van der Waals surface area contributed by atoms with Crippen LogP contribution in [0, 0.1) is 70.0 Å². The summed E-state index contributed by atoms with van der Waals surface area (Å²) in [4.78, 5) is 37.3. The molecule has 3 spiro atoms. The van der Waals surface area contributed by atoms with Crippen molar-refractivity contribution in [2.24, 2.45) is 75.7 Å². The highest BCUT2D eigenvalue weighted by atomic mass is 16.6. The molecule has 9 aliphatic heterocycles. The lowest BCUT2D eigenvalue weighted by molar-refractivity contribution is -0.281. The van der Waals surface area contributed by atoms with Gasteiger partial charge in [0, 0.05) is 54.8 Å². The Bertz CT molecular complexity index is 2300. The van der Waals surface area contributed by atoms with Crippen LogP contribution in [0.1, 0.15) is 157 Å². The van der Waals surface area contributed by atoms with Crippen LogP contribution in [-0.2, 0) is 26.3 Å². The van der Waals surface area contributed by atoms with Gasteiger partial charge in [0.2, 0.25) is 0 Å². The van der Waals surface area contributed by atoms with Crippen LogP contribution in [0.25, 0.3) is 0 Å². The molecule has 14 atom stereocenters. The first-order valence-electron chi connectivity index (χ1n) is 27.0. The Morgan fingerprint density at radius 1 is 0.906 bits per heavy atom. The van der Waals surface area contributed by atoms with Gasteiger partial charge < -0.3 is 20.1 Å². The Morgan fingerprint density at radius 2 is 1.77 bits per heavy atom. The van der Waals surface area contributed by atoms with Gasteiger partial charge in [0.25, 0.3) is 0 Å². The van der Waals surface area contributed by atoms with Crippen molar-refractivity contribution >= 4 is 11.9 Å². The molecule has 17 rings (SSSR count). The summed E-state index contributed by atoms with van der Waals surface area (Å²) >= 11 is 0. The molecule has 64 heavy (non-hydrogen) atoms. The van der Waals surface area contributed by atoms with Crippen LogP contribution in [0.5, 0.6) is 0 Å². The average Bonchev–Trinajstić information content (AvgIpc) is 4.01. The summed E-state index contributed by atoms with van der Waals surface area (Å²) < 4.78 is 14.6. The molecule has 16 aliphatic rings. The molecule has 0 aromatic heterocycles. The van der Waals surface area contributed by atoms with Gasteiger partial charge in [-0.15, -0.1) is 0 Å². The van der Waals surface area contributed by atoms with Crippen molar-refractivity contribution in [2.45, 2.75) is 159 Å². The van der Waals surface area contributed by atoms with Gasteiger partial charge in [-0.05, 0) is 161 Å². The first kappa shape index (κ1) is 40.0. The first-order chi connectivity index (χ1) is 31.4. The minimum Gasteiger partial charge on any atom is -0.449 e. The van der Waals surface area contributed by atoms with Crippen LogP contribution >= 0.6 is 0 Å². The van der Waals surface area contributed by atoms with E-state index in [0.717, 1.165) is 73.3 Å². The van der Waals surface area contributed by atoms with Crippen molar-refractivity contribution in [2.75, 3.05) is 26.2 Å². The standard InChI is InChI=1S/C57H73N3O4/c1-33-25-40-18-20-46-41-26-35-30-59(32-41)42(27-34-9-3-2-4-10-34)19-21-48-55-23-22-43-50(52(40)60(46)31-35)44(33)28-39-17-16-38(36-11-5-6-12-36)29-47(56(55,51(39)43)54(62)63-48)57(55)45-15-7-13-37(14-8-24-58)49(45)53(61)64-57/h7,13,15-17,21,33-36,38-39,41-42,44,46-47,50H,2-6,8-12,14,18-20,22-32,58H2,1H3. The monoisotopic (exact) mass is 864 g/mol. The maximum Gasteiger partial charge on any atom is 0.339 e. The number of hydrogen-bond donors (Lipinski definition) is 1. The second-order valence-electron chi connectivity index (χ2n) is 24.2. The van der Waals surface area contributed by atoms with Crippen molar-refractivity contribution in [1.29, 1.82) is 0 Å². The van der Waals surface area contributed by atoms with Gasteiger partial charge in [0.15, 0.2) is 5.60 Å². The van der Waals surface area contributed by atoms with Crippen LogP contribution in [0.15, 0.2) is 64.6 Å². The van der Waals surface area contributed by atoms with E-state index in [-0.39, 0.29) is 23.8 Å². The predicted octanol–water partition coefficient (Wildman–Crippen LogP) is 10.5. The average molecular weight is 864 g/mol. The van der Waals surface area contributed by atoms with Gasteiger partial charge in [-0.3, -0.25) is 9.69 Å². The van der Waals surface area contributed by atoms with Gasteiger partial charge in [0.05, 0.1) is 11.0 Å². The normalized spacial score (nSPS) is 45.0. The summed E-state index contributed by atoms with van der Waals surface area (Å²) in [6, 6.07) is 7.62. The number of nitrogens with zero attached hydrogens (tertiary/aromatic N) is 2. The molecule has 9 heterocycles. The first-order valence-corrected chi connectivity index (χ1v) is 27.0. The number of carbonyl (C=O) groups excluding carboxylic acids is 2. The number of rotatable bonds is 6. The molecule has 2 N–H and O–H groups in total. The Morgan fingerprint density at radius 3 is 2.62 bits per heavy atom. The van der Waals surface area contributed by atoms with Gasteiger partial charge in [-0.1, -0.05) is 93.4 Å². The summed E-state index contributed by atoms with van der Waals surface area (Å²) in [5.41, 5.74) is 13.0. The van der Waals surface area contributed by atoms with E-state index in [1.54, 1.807) is 16.8 Å². The lowest BCUT2D eigenvalue weighted by Gasteiger charge is -2.73. The molecule has 3 saturated carbocycles. The molecule has 3 saturated heterocycles. The van der Waals surface area contributed by atoms with Crippen LogP contribution in [0.2, 0.25) is 0 Å². The summed E-state index contributed by atoms with van der Waals surface area (Å²) in [6.45, 7) is 6.77. The minimum atomic E-state index is -0.952. The van der Waals surface area contributed by atoms with Crippen molar-refractivity contribution < 1.29 is 19.1 Å². The molecule has 12 bridgehead atoms. The van der Waals surface area contributed by atoms with Gasteiger partial charge in [-0.2, -0.15) is 0 Å². The van der Waals surface area contributed by atoms with Crippen LogP contribution < -0.4 is 5.73 Å². The SMILES string of the molecule is CC1CC2=C3C4C5=C6C(C=CC(C7CCCC7)CC7C68C(=O)OC(=CCC(CC6CCCCC6)N6CC9CC(C6)C(CC2)N3C9)C8(CC5)C72OC(=O)c3c(CCCN)cccc32)CC14. The van der Waals surface area contributed by atoms with Crippen LogP contribution in [0.4, 0.5) is 0 Å². The Kier molecular flexibility index (Phi) is 9.01. The Hall–Kier alpha value is -3.16. The molecule has 0 radical (unpaired) electrons. The van der Waals surface area contributed by atoms with Gasteiger partial charge >= 0.3 is 11.9 Å². The second-order valence-corrected chi connectivity index (χ2v) is 24.2. The van der Waals surface area contributed by atoms with E-state index in [0.29, 0.717) is 60.1 Å². The fourth-order valence-corrected chi connectivity index (χ4v) is 19.6. The fraction of sp³-hybridized carbons (Fsp3) is 0.719. The van der Waals surface area contributed by atoms with Crippen molar-refractivity contribution in [3.63, 3.8) is 0 Å². The summed E-state index contributed by atoms with van der Waals surface area (Å²) in [7, 11) is 0. The van der Waals surface area contributed by atoms with Crippen LogP contribution in [-0.4, -0.2) is 60.0 Å². The quantitative estimate of drug-likeness (QED) is 0.225. The predicted molar refractivity (Wildman–Crippen MR) is 247 cm³/mol. The van der Waals surface area contributed by atoms with E-state index in [1.807, 2.05) is 0 Å². The second kappa shape index (κ2) is 14.4. The zero-order valence-electron chi connectivity index (χ0n) is 38.7. The molecule has 6 fully saturated rings. The van der Waals surface area contributed by atoms with Crippen molar-refractivity contribution in [3.8, 4) is 0 Å². The number of nitrogens with two attached hydrogens (primary N) is 1. The molecule has 340 valence electrons. The maximum atomic E-state index is 16.2. The van der Waals surface area contributed by atoms with Crippen LogP contribution in [0.3, 0.4) is 0 Å². The zero-order chi connectivity index (χ0) is 42.7. The number of hydrogen-bond acceptors (Lipinski definition) is 7. The van der Waals surface area contributed by atoms with Crippen molar-refractivity contribution in [3.05, 3.63) is 81.3 Å². The molecule has 7 nitrogen and oxygen atoms in total. The summed E-state index contributed by atoms with van der Waals surface area (Å²) in [6.07, 6.45) is 32.3. The lowest BCUT2D eigenvalue weighted by atomic mass is 9.27. The highest BCUT2D eigenvalue weighted by Crippen LogP contribution is 2.88. The van der Waals surface area contributed by atoms with Gasteiger partial charge in [-0.25, -0.2) is 4.79 Å². The Labute approximate surface area is 382 Å². The molecule has 1 aromatic carbocycles. The molecule has 14 unspecified atom stereocenters. The third-order valence-electron chi connectivity index (χ3n) is 21.7. The molecular formula is C57H73N3O4. The lowest BCUT2D eigenvalue weighted by Crippen LogP contribution is -2.78. The van der Waals surface area contributed by atoms with E-state index >= 15 is 9.59 Å². The maximum absolute atomic E-state index is 16.2. The van der Waals surface area contributed by atoms with E-state index in [9.17, 15) is 0 Å². The number of ether oxygens (including phenoxy) is 2. The number of fused-ring (bicyclic) bond motifs is 3. The number of piperidine rings is 2. The third-order valence-corrected chi connectivity index (χ3v) is 21.7. The minimum absolute atomic E-state index is 0.00756. The van der Waals surface area contributed by atoms with E-state index in [4.69, 9.17) is 15.2 Å². The van der Waals surface area contributed by atoms with E-state index < -0.39 is 16.4 Å². The number of allylic oxidation sites excluding steroid dienone is 4. The van der Waals surface area contributed by atoms with E-state index in [2.05, 4.69) is 53.2 Å². The third kappa shape index (κ3) is 5.03. The van der Waals surface area contributed by atoms with Gasteiger partial charge in [0.1, 0.15) is 11.2 Å². The zero-order valence-corrected chi connectivity index (χ0v) is 38.7. The number of carbonyl (C=O) groups is 2. The number of esters is 2. The van der Waals surface area contributed by atoms with E-state index in [1.165, 1.54) is 115 Å². The highest BCUT2D eigenvalue weighted by molar-refractivity contribution is 6.00. The molecule has 0 amide bonds. The smallest absolute Gasteiger partial charge is 0.339 e. The largest absolute Gasteiger partial charge is 0.449 e. The summed E-state index contributed by atoms with van der Waals surface area (Å²) in [5.74, 6) is 5.39. The Balaban J connectivity index is 1.04. The topological polar surface area (TPSA) is 85.1 Å². The fourth-order valence-electron chi connectivity index (χ4n) is 19.6. The summed E-state index contributed by atoms with van der Waals surface area (Å²) in [5, 5.41) is 0. The molecule has 7 heteroatoms. The highest BCUT2D eigenvalue weighted by Gasteiger charge is 2.93. The van der Waals surface area contributed by atoms with Crippen molar-refractivity contribution in [1.82, 2.24) is 9.80 Å². The molecule has 1 aromatic rings.